The summed E-state index contributed by atoms with van der Waals surface area (Å²) in [5, 5.41) is 9.03. The highest BCUT2D eigenvalue weighted by Crippen LogP contribution is 2.16. The quantitative estimate of drug-likeness (QED) is 0.582. The van der Waals surface area contributed by atoms with Crippen molar-refractivity contribution in [1.82, 2.24) is 4.90 Å². The van der Waals surface area contributed by atoms with Crippen molar-refractivity contribution in [3.8, 4) is 0 Å². The monoisotopic (exact) mass is 172 g/mol. The van der Waals surface area contributed by atoms with E-state index in [-0.39, 0.29) is 0 Å². The minimum absolute atomic E-state index is 0.322. The third-order valence-corrected chi connectivity index (χ3v) is 2.61. The summed E-state index contributed by atoms with van der Waals surface area (Å²) in [6.45, 7) is 3.39. The van der Waals surface area contributed by atoms with Crippen LogP contribution in [0.3, 0.4) is 0 Å². The summed E-state index contributed by atoms with van der Waals surface area (Å²) in [6, 6.07) is 0.433. The number of likely N-dealkylation sites (tertiary alicyclic amines) is 1. The molecule has 0 aromatic heterocycles. The van der Waals surface area contributed by atoms with Gasteiger partial charge in [-0.15, -0.1) is 0 Å². The Bertz CT molecular complexity index is 119. The van der Waals surface area contributed by atoms with Gasteiger partial charge in [0.1, 0.15) is 0 Å². The molecular weight excluding hydrogens is 152 g/mol. The molecule has 0 bridgehead atoms. The Labute approximate surface area is 74.5 Å². The minimum atomic E-state index is 0.322. The number of aliphatic hydroxyl groups is 1. The molecule has 3 heteroatoms. The number of rotatable bonds is 5. The summed E-state index contributed by atoms with van der Waals surface area (Å²) in [5.74, 6) is 0. The summed E-state index contributed by atoms with van der Waals surface area (Å²) in [7, 11) is 0. The van der Waals surface area contributed by atoms with Gasteiger partial charge in [0.15, 0.2) is 0 Å². The standard InChI is InChI=1S/C9H20N2O/c10-5-1-2-6-11-7-3-4-9(11)8-12/h9,12H,1-8,10H2. The smallest absolute Gasteiger partial charge is 0.0586 e. The average molecular weight is 172 g/mol. The predicted octanol–water partition coefficient (Wildman–Crippen LogP) is 0.182. The van der Waals surface area contributed by atoms with Crippen molar-refractivity contribution in [3.05, 3.63) is 0 Å². The van der Waals surface area contributed by atoms with E-state index in [1.807, 2.05) is 0 Å². The predicted molar refractivity (Wildman–Crippen MR) is 50.0 cm³/mol. The van der Waals surface area contributed by atoms with Crippen LogP contribution in [0.15, 0.2) is 0 Å². The van der Waals surface area contributed by atoms with Crippen LogP contribution in [0.4, 0.5) is 0 Å². The lowest BCUT2D eigenvalue weighted by Crippen LogP contribution is -2.33. The van der Waals surface area contributed by atoms with Gasteiger partial charge >= 0.3 is 0 Å². The fraction of sp³-hybridized carbons (Fsp3) is 1.00. The van der Waals surface area contributed by atoms with Gasteiger partial charge in [0.25, 0.3) is 0 Å². The average Bonchev–Trinajstić information content (AvgIpc) is 2.52. The summed E-state index contributed by atoms with van der Waals surface area (Å²) in [6.07, 6.45) is 4.69. The first-order valence-corrected chi connectivity index (χ1v) is 4.93. The van der Waals surface area contributed by atoms with Gasteiger partial charge in [0.2, 0.25) is 0 Å². The summed E-state index contributed by atoms with van der Waals surface area (Å²) in [4.78, 5) is 2.38. The van der Waals surface area contributed by atoms with Gasteiger partial charge < -0.3 is 10.8 Å². The van der Waals surface area contributed by atoms with Crippen LogP contribution in [-0.4, -0.2) is 42.3 Å². The molecular formula is C9H20N2O. The molecule has 0 aromatic rings. The maximum Gasteiger partial charge on any atom is 0.0586 e. The van der Waals surface area contributed by atoms with Crippen LogP contribution in [0, 0.1) is 0 Å². The van der Waals surface area contributed by atoms with Crippen LogP contribution in [0.2, 0.25) is 0 Å². The Hall–Kier alpha value is -0.120. The minimum Gasteiger partial charge on any atom is -0.395 e. The SMILES string of the molecule is NCCCCN1CCCC1CO. The fourth-order valence-electron chi connectivity index (χ4n) is 1.86. The van der Waals surface area contributed by atoms with E-state index in [0.29, 0.717) is 12.6 Å². The van der Waals surface area contributed by atoms with E-state index in [9.17, 15) is 0 Å². The normalized spacial score (nSPS) is 25.0. The van der Waals surface area contributed by atoms with Crippen LogP contribution < -0.4 is 5.73 Å². The Morgan fingerprint density at radius 2 is 2.25 bits per heavy atom. The topological polar surface area (TPSA) is 49.5 Å². The molecule has 0 aromatic carbocycles. The van der Waals surface area contributed by atoms with E-state index in [0.717, 1.165) is 26.1 Å². The van der Waals surface area contributed by atoms with E-state index in [1.165, 1.54) is 19.3 Å². The number of nitrogens with two attached hydrogens (primary N) is 1. The molecule has 0 amide bonds. The third kappa shape index (κ3) is 2.73. The van der Waals surface area contributed by atoms with E-state index in [1.54, 1.807) is 0 Å². The molecule has 0 radical (unpaired) electrons. The molecule has 1 rings (SSSR count). The molecule has 1 saturated heterocycles. The first kappa shape index (κ1) is 9.96. The van der Waals surface area contributed by atoms with E-state index < -0.39 is 0 Å². The lowest BCUT2D eigenvalue weighted by atomic mass is 10.2. The highest BCUT2D eigenvalue weighted by molar-refractivity contribution is 4.77. The van der Waals surface area contributed by atoms with Gasteiger partial charge in [0, 0.05) is 6.04 Å². The molecule has 1 unspecified atom stereocenters. The number of hydrogen-bond donors (Lipinski definition) is 2. The van der Waals surface area contributed by atoms with Gasteiger partial charge in [-0.3, -0.25) is 4.90 Å². The highest BCUT2D eigenvalue weighted by Gasteiger charge is 2.22. The molecule has 0 aliphatic carbocycles. The second kappa shape index (κ2) is 5.51. The van der Waals surface area contributed by atoms with Crippen molar-refractivity contribution in [1.29, 1.82) is 0 Å². The number of nitrogens with zero attached hydrogens (tertiary/aromatic N) is 1. The van der Waals surface area contributed by atoms with E-state index >= 15 is 0 Å². The van der Waals surface area contributed by atoms with Crippen LogP contribution in [0.25, 0.3) is 0 Å². The Morgan fingerprint density at radius 3 is 2.92 bits per heavy atom. The maximum atomic E-state index is 9.03. The molecule has 72 valence electrons. The van der Waals surface area contributed by atoms with Gasteiger partial charge in [-0.05, 0) is 45.3 Å². The van der Waals surface area contributed by atoms with Gasteiger partial charge in [-0.2, -0.15) is 0 Å². The molecule has 1 heterocycles. The fourth-order valence-corrected chi connectivity index (χ4v) is 1.86. The first-order chi connectivity index (χ1) is 5.88. The van der Waals surface area contributed by atoms with Crippen molar-refractivity contribution in [3.63, 3.8) is 0 Å². The van der Waals surface area contributed by atoms with Gasteiger partial charge in [-0.25, -0.2) is 0 Å². The van der Waals surface area contributed by atoms with Crippen LogP contribution in [0.1, 0.15) is 25.7 Å². The lowest BCUT2D eigenvalue weighted by molar-refractivity contribution is 0.157. The first-order valence-electron chi connectivity index (χ1n) is 4.93. The van der Waals surface area contributed by atoms with E-state index in [4.69, 9.17) is 10.8 Å². The molecule has 3 nitrogen and oxygen atoms in total. The summed E-state index contributed by atoms with van der Waals surface area (Å²) < 4.78 is 0. The van der Waals surface area contributed by atoms with Crippen LogP contribution >= 0.6 is 0 Å². The van der Waals surface area contributed by atoms with Gasteiger partial charge in [-0.1, -0.05) is 0 Å². The molecule has 0 saturated carbocycles. The van der Waals surface area contributed by atoms with Crippen LogP contribution in [-0.2, 0) is 0 Å². The molecule has 1 fully saturated rings. The maximum absolute atomic E-state index is 9.03. The van der Waals surface area contributed by atoms with Crippen molar-refractivity contribution >= 4 is 0 Å². The van der Waals surface area contributed by atoms with Crippen molar-refractivity contribution in [2.24, 2.45) is 5.73 Å². The Balaban J connectivity index is 2.12. The lowest BCUT2D eigenvalue weighted by Gasteiger charge is -2.22. The zero-order valence-corrected chi connectivity index (χ0v) is 7.71. The van der Waals surface area contributed by atoms with E-state index in [2.05, 4.69) is 4.90 Å². The molecule has 3 N–H and O–H groups in total. The van der Waals surface area contributed by atoms with Crippen molar-refractivity contribution in [2.75, 3.05) is 26.2 Å². The molecule has 12 heavy (non-hydrogen) atoms. The second-order valence-electron chi connectivity index (χ2n) is 3.51. The van der Waals surface area contributed by atoms with Crippen molar-refractivity contribution < 1.29 is 5.11 Å². The highest BCUT2D eigenvalue weighted by atomic mass is 16.3. The largest absolute Gasteiger partial charge is 0.395 e. The Kier molecular flexibility index (Phi) is 4.58. The Morgan fingerprint density at radius 1 is 1.42 bits per heavy atom. The molecule has 1 atom stereocenters. The van der Waals surface area contributed by atoms with Crippen molar-refractivity contribution in [2.45, 2.75) is 31.7 Å². The number of hydrogen-bond acceptors (Lipinski definition) is 3. The summed E-state index contributed by atoms with van der Waals surface area (Å²) in [5.41, 5.74) is 5.41. The number of unbranched alkanes of at least 4 members (excludes halogenated alkanes) is 1. The molecule has 0 spiro atoms. The second-order valence-corrected chi connectivity index (χ2v) is 3.51. The number of aliphatic hydroxyl groups excluding tert-OH is 1. The zero-order valence-electron chi connectivity index (χ0n) is 7.71. The zero-order chi connectivity index (χ0) is 8.81. The van der Waals surface area contributed by atoms with Crippen LogP contribution in [0.5, 0.6) is 0 Å². The molecule has 1 aliphatic rings. The third-order valence-electron chi connectivity index (χ3n) is 2.61. The summed E-state index contributed by atoms with van der Waals surface area (Å²) >= 11 is 0. The van der Waals surface area contributed by atoms with Gasteiger partial charge in [0.05, 0.1) is 6.61 Å². The molecule has 1 aliphatic heterocycles.